The maximum absolute atomic E-state index is 12.9. The molecule has 9 N–H and O–H groups in total. The predicted octanol–water partition coefficient (Wildman–Crippen LogP) is 17.6. The fraction of sp³-hybridized carbons (Fsp3) is 0.360. The quantitative estimate of drug-likeness (QED) is 0.0120. The zero-order chi connectivity index (χ0) is 96.5. The highest BCUT2D eigenvalue weighted by atomic mass is 127. The van der Waals surface area contributed by atoms with Crippen LogP contribution in [0.25, 0.3) is 33.3 Å². The summed E-state index contributed by atoms with van der Waals surface area (Å²) in [6.07, 6.45) is 32.0. The number of aromatic nitrogens is 12. The highest BCUT2D eigenvalue weighted by Crippen LogP contribution is 2.39. The molecule has 2 atom stereocenters. The van der Waals surface area contributed by atoms with Crippen molar-refractivity contribution in [2.45, 2.75) is 181 Å². The highest BCUT2D eigenvalue weighted by Gasteiger charge is 2.52. The Labute approximate surface area is 824 Å². The lowest BCUT2D eigenvalue weighted by Crippen LogP contribution is -2.41. The van der Waals surface area contributed by atoms with Crippen LogP contribution >= 0.6 is 66.1 Å². The largest absolute Gasteiger partial charge is 0.494 e. The molecule has 3 aliphatic heterocycles. The highest BCUT2D eigenvalue weighted by molar-refractivity contribution is 14.1. The second kappa shape index (κ2) is 48.7. The molecular weight excluding hydrogens is 1970 g/mol. The normalized spacial score (nSPS) is 15.8. The number of rotatable bonds is 27. The molecule has 0 unspecified atom stereocenters. The van der Waals surface area contributed by atoms with Crippen molar-refractivity contribution in [3.05, 3.63) is 264 Å². The molecule has 11 heterocycles. The first-order valence-electron chi connectivity index (χ1n) is 45.6. The lowest BCUT2D eigenvalue weighted by Gasteiger charge is -2.32. The van der Waals surface area contributed by atoms with Gasteiger partial charge in [-0.2, -0.15) is 10.2 Å². The molecular formula is C100H117BBr2ClIN22O8. The summed E-state index contributed by atoms with van der Waals surface area (Å²) in [5.74, 6) is 2.60. The number of hydrogen-bond donors (Lipinski definition) is 6. The van der Waals surface area contributed by atoms with Crippen LogP contribution in [-0.4, -0.2) is 198 Å². The van der Waals surface area contributed by atoms with Crippen molar-refractivity contribution < 1.29 is 38.1 Å². The third kappa shape index (κ3) is 29.0. The number of likely N-dealkylation sites (tertiary alicyclic amines) is 2. The summed E-state index contributed by atoms with van der Waals surface area (Å²) < 4.78 is 18.6. The number of halogens is 4. The molecule has 5 fully saturated rings. The molecule has 706 valence electrons. The number of nitrogens with two attached hydrogens (primary N) is 3. The molecule has 5 amide bonds. The van der Waals surface area contributed by atoms with Gasteiger partial charge in [0.1, 0.15) is 57.0 Å². The molecule has 17 rings (SSSR count). The fourth-order valence-corrected chi connectivity index (χ4v) is 16.7. The second-order valence-electron chi connectivity index (χ2n) is 34.7. The molecule has 12 aromatic rings. The Balaban J connectivity index is 0.000000156. The summed E-state index contributed by atoms with van der Waals surface area (Å²) in [5.41, 5.74) is 27.7. The zero-order valence-corrected chi connectivity index (χ0v) is 83.9. The van der Waals surface area contributed by atoms with Crippen LogP contribution in [0.5, 0.6) is 0 Å². The van der Waals surface area contributed by atoms with Gasteiger partial charge >= 0.3 is 7.12 Å². The Morgan fingerprint density at radius 2 is 0.859 bits per heavy atom. The number of pyridine rings is 4. The van der Waals surface area contributed by atoms with Crippen molar-refractivity contribution in [1.82, 2.24) is 79.0 Å². The Bertz CT molecular complexity index is 6110. The zero-order valence-electron chi connectivity index (χ0n) is 77.8. The first-order valence-corrected chi connectivity index (χ1v) is 48.6. The van der Waals surface area contributed by atoms with Gasteiger partial charge in [-0.3, -0.25) is 38.6 Å². The Kier molecular flexibility index (Phi) is 36.9. The number of likely N-dealkylation sites (N-methyl/N-ethyl adjacent to an activating group) is 2. The molecule has 5 aliphatic rings. The van der Waals surface area contributed by atoms with Gasteiger partial charge in [0.25, 0.3) is 23.0 Å². The van der Waals surface area contributed by atoms with Crippen LogP contribution in [0.4, 0.5) is 34.9 Å². The number of hydrogen-bond acceptors (Lipinski definition) is 23. The number of nitrogens with one attached hydrogen (secondary N) is 3. The molecule has 4 aromatic carbocycles. The van der Waals surface area contributed by atoms with Gasteiger partial charge in [0.15, 0.2) is 11.3 Å². The van der Waals surface area contributed by atoms with Crippen molar-refractivity contribution in [3.63, 3.8) is 0 Å². The molecule has 35 heteroatoms. The number of fused-ring (bicyclic) bond motifs is 2. The fourth-order valence-electron chi connectivity index (χ4n) is 15.3. The average Bonchev–Trinajstić information content (AvgIpc) is 1.63. The summed E-state index contributed by atoms with van der Waals surface area (Å²) >= 11 is 13.9. The van der Waals surface area contributed by atoms with Crippen LogP contribution in [0.2, 0.25) is 0 Å². The molecule has 8 aromatic heterocycles. The number of nitrogens with zero attached hydrogens (tertiary/aromatic N) is 16. The summed E-state index contributed by atoms with van der Waals surface area (Å²) in [5, 5.41) is 19.1. The number of aryl methyl sites for hydroxylation is 4. The first kappa shape index (κ1) is 102. The lowest BCUT2D eigenvalue weighted by atomic mass is 9.79. The molecule has 30 nitrogen and oxygen atoms in total. The van der Waals surface area contributed by atoms with E-state index in [-0.39, 0.29) is 52.8 Å². The molecule has 2 saturated carbocycles. The van der Waals surface area contributed by atoms with Gasteiger partial charge < -0.3 is 52.3 Å². The predicted molar refractivity (Wildman–Crippen MR) is 550 cm³/mol. The monoisotopic (exact) mass is 2080 g/mol. The van der Waals surface area contributed by atoms with Crippen LogP contribution in [0.1, 0.15) is 195 Å². The Morgan fingerprint density at radius 1 is 0.489 bits per heavy atom. The van der Waals surface area contributed by atoms with Gasteiger partial charge in [-0.15, -0.1) is 0 Å². The van der Waals surface area contributed by atoms with Crippen molar-refractivity contribution in [1.29, 1.82) is 0 Å². The third-order valence-corrected chi connectivity index (χ3v) is 25.8. The van der Waals surface area contributed by atoms with E-state index in [2.05, 4.69) is 167 Å². The molecule has 0 spiro atoms. The maximum atomic E-state index is 12.9. The SMILES string of the molecule is CCCc1ccnc(N)c1.CCCc1ccnc(NC(=O)c2ccc(-c3nn([C@@H]4CCN(C(=O)/C=C/CN(C)C5CC5)C4)c4ncnc(N)c34)cc2)c1.CCCc1ccnc(NC(=O)c2ccc(B3OC(C)(C)C(C)(C)O3)cc2)c1.CCCc1ccnc(NC(=O)c2ccc(Br)cc2)c1.CN(C/C=C/C(=O)N1CC[C@@H](n2nc(I)c3c(N)ncnc32)C1)C1CC1.O=C(Cl)c1ccc(Br)cc1. The van der Waals surface area contributed by atoms with E-state index in [4.69, 9.17) is 43.2 Å². The van der Waals surface area contributed by atoms with E-state index >= 15 is 0 Å². The molecule has 0 radical (unpaired) electrons. The summed E-state index contributed by atoms with van der Waals surface area (Å²) in [6.45, 7) is 20.8. The summed E-state index contributed by atoms with van der Waals surface area (Å²) in [7, 11) is 3.77. The van der Waals surface area contributed by atoms with Gasteiger partial charge in [0.2, 0.25) is 11.8 Å². The van der Waals surface area contributed by atoms with E-state index in [0.29, 0.717) is 106 Å². The Morgan fingerprint density at radius 3 is 1.26 bits per heavy atom. The van der Waals surface area contributed by atoms with Crippen LogP contribution in [0, 0.1) is 3.70 Å². The first-order chi connectivity index (χ1) is 64.9. The van der Waals surface area contributed by atoms with Gasteiger partial charge in [0, 0.05) is 125 Å². The third-order valence-electron chi connectivity index (χ3n) is 23.8. The molecule has 3 saturated heterocycles. The smallest absolute Gasteiger partial charge is 0.399 e. The van der Waals surface area contributed by atoms with Gasteiger partial charge in [-0.05, 0) is 289 Å². The molecule has 2 aliphatic carbocycles. The van der Waals surface area contributed by atoms with E-state index in [1.165, 1.54) is 55.0 Å². The second-order valence-corrected chi connectivity index (χ2v) is 37.9. The van der Waals surface area contributed by atoms with Crippen molar-refractivity contribution >= 4 is 170 Å². The lowest BCUT2D eigenvalue weighted by molar-refractivity contribution is -0.125. The minimum atomic E-state index is -0.431. The van der Waals surface area contributed by atoms with Crippen LogP contribution in [-0.2, 0) is 44.6 Å². The maximum Gasteiger partial charge on any atom is 0.494 e. The van der Waals surface area contributed by atoms with E-state index in [0.717, 1.165) is 124 Å². The van der Waals surface area contributed by atoms with E-state index in [1.807, 2.05) is 144 Å². The van der Waals surface area contributed by atoms with Crippen LogP contribution in [0.15, 0.2) is 216 Å². The number of benzene rings is 4. The van der Waals surface area contributed by atoms with Gasteiger partial charge in [0.05, 0.1) is 34.1 Å². The van der Waals surface area contributed by atoms with Gasteiger partial charge in [-0.1, -0.05) is 122 Å². The molecule has 0 bridgehead atoms. The average molecular weight is 2090 g/mol. The molecule has 135 heavy (non-hydrogen) atoms. The van der Waals surface area contributed by atoms with Crippen molar-refractivity contribution in [2.75, 3.05) is 86.5 Å². The van der Waals surface area contributed by atoms with Crippen molar-refractivity contribution in [2.24, 2.45) is 0 Å². The number of anilines is 6. The minimum absolute atomic E-state index is 0.0127. The number of nitrogen functional groups attached to an aromatic ring is 3. The van der Waals surface area contributed by atoms with Crippen LogP contribution < -0.4 is 38.6 Å². The topological polar surface area (TPSA) is 387 Å². The van der Waals surface area contributed by atoms with E-state index in [1.54, 1.807) is 97.6 Å². The minimum Gasteiger partial charge on any atom is -0.399 e. The number of carbonyl (C=O) groups is 6. The summed E-state index contributed by atoms with van der Waals surface area (Å²) in [4.78, 5) is 115. The Hall–Kier alpha value is -11.6. The standard InChI is InChI=1S/C32H37N9O2.C21H27BN2O3.C17H22IN7O.C15H15BrN2O.C8H12N2.C7H4BrClO/c1-3-5-21-13-15-34-26(18-21)37-32(43)23-9-7-22(8-10-23)29-28-30(33)35-20-36-31(28)41(38-29)25-14-17-40(19-25)27(42)6-4-16-39(2)24-11-12-24;1-6-7-15-12-13-23-18(14-15)24-19(25)16-8-10-17(11-9-16)22-26-20(2,3)21(4,5)27-22;1-23(11-4-5-11)7-2-3-13(26)24-8-6-12(9-24)25-17-14(15(18)22-25)16(19)20-10-21-17;1-2-3-11-8-9-17-14(10-11)18-15(19)12-4-6-13(16)7-5-12;1-2-3-7-4-5-10-8(9)6-7;8-6-3-1-5(2-4-6)7(9)10/h4,6-10,13,15,18,20,24-25H,3,5,11-12,14,16-17,19H2,1-2H3,(H2,33,35,36)(H,34,37,43);8-14H,6-7H2,1-5H3,(H,23,24,25);2-3,10-12H,4-9H2,1H3,(H2,19,20,21);4-10H,2-3H2,1H3,(H,17,18,19);4-6H,2-3H2,1H3,(H2,9,10);1-4H/b6-4+;;3-2+;;;/t25-;;12-;;;/m1.1.../s1. The van der Waals surface area contributed by atoms with E-state index < -0.39 is 12.4 Å². The number of amides is 5. The van der Waals surface area contributed by atoms with E-state index in [9.17, 15) is 28.8 Å². The van der Waals surface area contributed by atoms with Crippen molar-refractivity contribution in [3.8, 4) is 11.3 Å². The van der Waals surface area contributed by atoms with Gasteiger partial charge in [-0.25, -0.2) is 49.2 Å². The summed E-state index contributed by atoms with van der Waals surface area (Å²) in [6, 6.07) is 45.6. The number of carbonyl (C=O) groups excluding carboxylic acids is 6. The van der Waals surface area contributed by atoms with Crippen LogP contribution in [0.3, 0.4) is 0 Å².